The number of hydrogen-bond acceptors (Lipinski definition) is 5. The smallest absolute Gasteiger partial charge is 0.0835 e. The molecule has 24 heavy (non-hydrogen) atoms. The minimum atomic E-state index is -0.145. The number of likely N-dealkylation sites (N-methyl/N-ethyl adjacent to an activating group) is 1. The predicted octanol–water partition coefficient (Wildman–Crippen LogP) is 1.20. The third kappa shape index (κ3) is 5.24. The molecule has 0 aromatic heterocycles. The van der Waals surface area contributed by atoms with Gasteiger partial charge in [-0.2, -0.15) is 0 Å². The fraction of sp³-hybridized carbons (Fsp3) is 0.579. The SMILES string of the molecule is CC/C=c1\c(S)ccc\c1=C(/CO)N(C)CC(N)C(C)(C)COC. The highest BCUT2D eigenvalue weighted by atomic mass is 32.1. The van der Waals surface area contributed by atoms with Crippen LogP contribution in [-0.4, -0.2) is 50.0 Å². The van der Waals surface area contributed by atoms with E-state index in [-0.39, 0.29) is 18.1 Å². The average Bonchev–Trinajstić information content (AvgIpc) is 2.51. The highest BCUT2D eigenvalue weighted by Gasteiger charge is 2.27. The number of rotatable bonds is 8. The lowest BCUT2D eigenvalue weighted by Crippen LogP contribution is -2.48. The fourth-order valence-corrected chi connectivity index (χ4v) is 3.06. The highest BCUT2D eigenvalue weighted by Crippen LogP contribution is 2.20. The minimum Gasteiger partial charge on any atom is -0.390 e. The summed E-state index contributed by atoms with van der Waals surface area (Å²) in [5, 5.41) is 12.0. The van der Waals surface area contributed by atoms with E-state index in [2.05, 4.69) is 39.5 Å². The van der Waals surface area contributed by atoms with Crippen molar-refractivity contribution in [3.05, 3.63) is 28.6 Å². The second-order valence-corrected chi connectivity index (χ2v) is 7.35. The summed E-state index contributed by atoms with van der Waals surface area (Å²) >= 11 is 4.56. The summed E-state index contributed by atoms with van der Waals surface area (Å²) in [5.74, 6) is 0. The Bertz CT molecular complexity index is 643. The van der Waals surface area contributed by atoms with Crippen molar-refractivity contribution in [3.63, 3.8) is 0 Å². The van der Waals surface area contributed by atoms with Crippen LogP contribution in [0.3, 0.4) is 0 Å². The van der Waals surface area contributed by atoms with E-state index in [1.165, 1.54) is 0 Å². The van der Waals surface area contributed by atoms with Crippen LogP contribution in [0.15, 0.2) is 23.1 Å². The number of nitrogens with zero attached hydrogens (tertiary/aromatic N) is 1. The lowest BCUT2D eigenvalue weighted by Gasteiger charge is -2.35. The summed E-state index contributed by atoms with van der Waals surface area (Å²) in [4.78, 5) is 2.95. The summed E-state index contributed by atoms with van der Waals surface area (Å²) in [6.45, 7) is 7.47. The number of aliphatic hydroxyl groups is 1. The highest BCUT2D eigenvalue weighted by molar-refractivity contribution is 7.80. The standard InChI is InChI=1S/C19H32N2O2S/c1-6-8-15-14(9-7-10-17(15)24)16(12-22)21(4)11-18(20)19(2,3)13-23-5/h7-10,18,22,24H,6,11-13,20H2,1-5H3/b15-8-,16-14-. The van der Waals surface area contributed by atoms with Gasteiger partial charge >= 0.3 is 0 Å². The Morgan fingerprint density at radius 1 is 1.46 bits per heavy atom. The molecule has 0 bridgehead atoms. The maximum atomic E-state index is 9.97. The van der Waals surface area contributed by atoms with E-state index in [0.717, 1.165) is 27.5 Å². The first-order valence-electron chi connectivity index (χ1n) is 8.36. The zero-order valence-corrected chi connectivity index (χ0v) is 16.4. The molecule has 3 N–H and O–H groups in total. The predicted molar refractivity (Wildman–Crippen MR) is 104 cm³/mol. The second-order valence-electron chi connectivity index (χ2n) is 6.86. The van der Waals surface area contributed by atoms with Gasteiger partial charge in [-0.05, 0) is 17.7 Å². The van der Waals surface area contributed by atoms with Crippen molar-refractivity contribution >= 4 is 24.4 Å². The van der Waals surface area contributed by atoms with E-state index in [9.17, 15) is 5.11 Å². The van der Waals surface area contributed by atoms with E-state index < -0.39 is 0 Å². The van der Waals surface area contributed by atoms with Crippen LogP contribution in [-0.2, 0) is 4.74 Å². The second kappa shape index (κ2) is 9.47. The van der Waals surface area contributed by atoms with E-state index in [1.54, 1.807) is 7.11 Å². The number of benzene rings is 1. The molecule has 0 aliphatic rings. The summed E-state index contributed by atoms with van der Waals surface area (Å²) in [6, 6.07) is 5.87. The molecule has 0 amide bonds. The number of nitrogens with two attached hydrogens (primary N) is 1. The normalized spacial score (nSPS) is 15.4. The van der Waals surface area contributed by atoms with Gasteiger partial charge in [-0.25, -0.2) is 0 Å². The maximum Gasteiger partial charge on any atom is 0.0835 e. The lowest BCUT2D eigenvalue weighted by atomic mass is 9.85. The van der Waals surface area contributed by atoms with Gasteiger partial charge in [0.1, 0.15) is 0 Å². The topological polar surface area (TPSA) is 58.7 Å². The van der Waals surface area contributed by atoms with Gasteiger partial charge in [0.25, 0.3) is 0 Å². The largest absolute Gasteiger partial charge is 0.390 e. The molecule has 1 aromatic carbocycles. The molecule has 0 radical (unpaired) electrons. The molecule has 1 rings (SSSR count). The third-order valence-electron chi connectivity index (χ3n) is 4.40. The summed E-state index contributed by atoms with van der Waals surface area (Å²) in [7, 11) is 3.66. The van der Waals surface area contributed by atoms with Gasteiger partial charge in [-0.15, -0.1) is 12.6 Å². The van der Waals surface area contributed by atoms with Crippen LogP contribution in [0.1, 0.15) is 27.2 Å². The van der Waals surface area contributed by atoms with E-state index >= 15 is 0 Å². The maximum absolute atomic E-state index is 9.97. The van der Waals surface area contributed by atoms with E-state index in [4.69, 9.17) is 10.5 Å². The van der Waals surface area contributed by atoms with Crippen molar-refractivity contribution in [2.75, 3.05) is 33.9 Å². The van der Waals surface area contributed by atoms with Gasteiger partial charge in [0.15, 0.2) is 0 Å². The van der Waals surface area contributed by atoms with Gasteiger partial charge in [0.05, 0.1) is 13.2 Å². The molecule has 0 aliphatic heterocycles. The van der Waals surface area contributed by atoms with Crippen LogP contribution in [0.5, 0.6) is 0 Å². The molecule has 0 saturated heterocycles. The molecule has 0 heterocycles. The van der Waals surface area contributed by atoms with Crippen LogP contribution in [0.25, 0.3) is 11.8 Å². The van der Waals surface area contributed by atoms with Crippen molar-refractivity contribution < 1.29 is 9.84 Å². The minimum absolute atomic E-state index is 0.0459. The van der Waals surface area contributed by atoms with Gasteiger partial charge in [-0.3, -0.25) is 0 Å². The fourth-order valence-electron chi connectivity index (χ4n) is 2.77. The quantitative estimate of drug-likeness (QED) is 0.615. The van der Waals surface area contributed by atoms with Crippen molar-refractivity contribution in [1.29, 1.82) is 0 Å². The molecule has 0 aliphatic carbocycles. The molecule has 1 unspecified atom stereocenters. The summed E-state index contributed by atoms with van der Waals surface area (Å²) < 4.78 is 5.28. The summed E-state index contributed by atoms with van der Waals surface area (Å²) in [6.07, 6.45) is 3.04. The van der Waals surface area contributed by atoms with Gasteiger partial charge in [0.2, 0.25) is 0 Å². The van der Waals surface area contributed by atoms with Crippen LogP contribution < -0.4 is 16.2 Å². The monoisotopic (exact) mass is 352 g/mol. The Balaban J connectivity index is 3.28. The van der Waals surface area contributed by atoms with Crippen LogP contribution in [0, 0.1) is 5.41 Å². The van der Waals surface area contributed by atoms with E-state index in [1.807, 2.05) is 30.1 Å². The number of methoxy groups -OCH3 is 1. The molecule has 0 saturated carbocycles. The molecular weight excluding hydrogens is 320 g/mol. The zero-order valence-electron chi connectivity index (χ0n) is 15.5. The molecule has 0 spiro atoms. The number of hydrogen-bond donors (Lipinski definition) is 3. The lowest BCUT2D eigenvalue weighted by molar-refractivity contribution is 0.0793. The number of aliphatic hydroxyl groups excluding tert-OH is 1. The Hall–Kier alpha value is -1.01. The zero-order chi connectivity index (χ0) is 18.3. The Kier molecular flexibility index (Phi) is 8.30. The third-order valence-corrected chi connectivity index (χ3v) is 4.79. The molecule has 1 aromatic rings. The molecule has 4 nitrogen and oxygen atoms in total. The first-order chi connectivity index (χ1) is 11.3. The van der Waals surface area contributed by atoms with Crippen LogP contribution in [0.4, 0.5) is 0 Å². The van der Waals surface area contributed by atoms with Crippen molar-refractivity contribution in [1.82, 2.24) is 4.90 Å². The van der Waals surface area contributed by atoms with Crippen molar-refractivity contribution in [3.8, 4) is 0 Å². The van der Waals surface area contributed by atoms with Crippen molar-refractivity contribution in [2.24, 2.45) is 11.1 Å². The van der Waals surface area contributed by atoms with Gasteiger partial charge in [0, 0.05) is 48.0 Å². The molecule has 0 fully saturated rings. The number of thiol groups is 1. The van der Waals surface area contributed by atoms with Crippen molar-refractivity contribution in [2.45, 2.75) is 38.1 Å². The average molecular weight is 353 g/mol. The molecule has 5 heteroatoms. The first kappa shape index (κ1) is 21.0. The van der Waals surface area contributed by atoms with E-state index in [0.29, 0.717) is 13.2 Å². The summed E-state index contributed by atoms with van der Waals surface area (Å²) in [5.41, 5.74) is 7.11. The van der Waals surface area contributed by atoms with Gasteiger partial charge < -0.3 is 20.5 Å². The number of ether oxygens (including phenoxy) is 1. The Morgan fingerprint density at radius 2 is 2.12 bits per heavy atom. The molecule has 1 atom stereocenters. The Labute approximate surface area is 151 Å². The molecule has 136 valence electrons. The van der Waals surface area contributed by atoms with Crippen LogP contribution in [0.2, 0.25) is 0 Å². The van der Waals surface area contributed by atoms with Gasteiger partial charge in [-0.1, -0.05) is 39.0 Å². The molecular formula is C19H32N2O2S. The van der Waals surface area contributed by atoms with Crippen LogP contribution >= 0.6 is 12.6 Å². The Morgan fingerprint density at radius 3 is 2.67 bits per heavy atom. The first-order valence-corrected chi connectivity index (χ1v) is 8.81.